The quantitative estimate of drug-likeness (QED) is 0.820. The van der Waals surface area contributed by atoms with Crippen LogP contribution in [0, 0.1) is 11.8 Å². The van der Waals surface area contributed by atoms with Crippen LogP contribution in [0.25, 0.3) is 0 Å². The van der Waals surface area contributed by atoms with Crippen molar-refractivity contribution in [3.63, 3.8) is 0 Å². The van der Waals surface area contributed by atoms with Gasteiger partial charge in [0.15, 0.2) is 0 Å². The van der Waals surface area contributed by atoms with Gasteiger partial charge in [-0.15, -0.1) is 0 Å². The fourth-order valence-electron chi connectivity index (χ4n) is 3.10. The van der Waals surface area contributed by atoms with E-state index in [1.807, 2.05) is 0 Å². The molecule has 1 fully saturated rings. The Balaban J connectivity index is 1.70. The van der Waals surface area contributed by atoms with E-state index in [0.29, 0.717) is 5.92 Å². The second kappa shape index (κ2) is 7.80. The van der Waals surface area contributed by atoms with E-state index < -0.39 is 0 Å². The molecule has 2 rings (SSSR count). The summed E-state index contributed by atoms with van der Waals surface area (Å²) >= 11 is 0. The third-order valence-electron chi connectivity index (χ3n) is 4.26. The van der Waals surface area contributed by atoms with Crippen molar-refractivity contribution in [2.45, 2.75) is 33.1 Å². The fourth-order valence-corrected chi connectivity index (χ4v) is 3.10. The Bertz CT molecular complexity index is 374. The highest BCUT2D eigenvalue weighted by molar-refractivity contribution is 5.19. The van der Waals surface area contributed by atoms with Crippen LogP contribution in [-0.2, 0) is 0 Å². The van der Waals surface area contributed by atoms with E-state index in [4.69, 9.17) is 0 Å². The maximum atomic E-state index is 3.61. The van der Waals surface area contributed by atoms with Crippen LogP contribution in [0.1, 0.15) is 38.7 Å². The molecule has 1 heterocycles. The highest BCUT2D eigenvalue weighted by atomic mass is 15.1. The molecule has 2 nitrogen and oxygen atoms in total. The minimum atomic E-state index is 0.638. The molecule has 20 heavy (non-hydrogen) atoms. The lowest BCUT2D eigenvalue weighted by molar-refractivity contribution is 0.305. The minimum absolute atomic E-state index is 0.638. The maximum absolute atomic E-state index is 3.61. The summed E-state index contributed by atoms with van der Waals surface area (Å²) in [5, 5.41) is 3.61. The molecule has 0 radical (unpaired) electrons. The average Bonchev–Trinajstić information content (AvgIpc) is 2.87. The zero-order valence-corrected chi connectivity index (χ0v) is 13.3. The Kier molecular flexibility index (Phi) is 6.06. The summed E-state index contributed by atoms with van der Waals surface area (Å²) in [7, 11) is 0. The van der Waals surface area contributed by atoms with Crippen molar-refractivity contribution in [3.8, 4) is 0 Å². The topological polar surface area (TPSA) is 15.3 Å². The van der Waals surface area contributed by atoms with Gasteiger partial charge in [-0.2, -0.15) is 0 Å². The van der Waals surface area contributed by atoms with Gasteiger partial charge in [-0.25, -0.2) is 0 Å². The SMILES string of the molecule is CC(C)CNCC1CCN(CC(C)c2ccccc2)C1. The smallest absolute Gasteiger partial charge is 0.00477 e. The molecular formula is C18H30N2. The largest absolute Gasteiger partial charge is 0.316 e. The molecule has 1 aliphatic rings. The normalized spacial score (nSPS) is 21.5. The van der Waals surface area contributed by atoms with Crippen molar-refractivity contribution in [3.05, 3.63) is 35.9 Å². The lowest BCUT2D eigenvalue weighted by Crippen LogP contribution is -2.30. The van der Waals surface area contributed by atoms with Crippen molar-refractivity contribution in [2.75, 3.05) is 32.7 Å². The molecule has 2 unspecified atom stereocenters. The third-order valence-corrected chi connectivity index (χ3v) is 4.26. The second-order valence-electron chi connectivity index (χ2n) is 6.78. The van der Waals surface area contributed by atoms with E-state index >= 15 is 0 Å². The Hall–Kier alpha value is -0.860. The van der Waals surface area contributed by atoms with Crippen LogP contribution >= 0.6 is 0 Å². The monoisotopic (exact) mass is 274 g/mol. The summed E-state index contributed by atoms with van der Waals surface area (Å²) in [6.07, 6.45) is 1.35. The molecule has 1 aliphatic heterocycles. The van der Waals surface area contributed by atoms with Gasteiger partial charge < -0.3 is 10.2 Å². The van der Waals surface area contributed by atoms with Crippen LogP contribution in [0.2, 0.25) is 0 Å². The van der Waals surface area contributed by atoms with E-state index in [0.717, 1.165) is 18.4 Å². The third kappa shape index (κ3) is 4.92. The lowest BCUT2D eigenvalue weighted by atomic mass is 10.0. The van der Waals surface area contributed by atoms with E-state index in [1.165, 1.54) is 38.2 Å². The van der Waals surface area contributed by atoms with Crippen LogP contribution in [0.15, 0.2) is 30.3 Å². The van der Waals surface area contributed by atoms with Gasteiger partial charge >= 0.3 is 0 Å². The minimum Gasteiger partial charge on any atom is -0.316 e. The van der Waals surface area contributed by atoms with Gasteiger partial charge in [0.1, 0.15) is 0 Å². The van der Waals surface area contributed by atoms with Gasteiger partial charge in [0.05, 0.1) is 0 Å². The molecule has 0 aliphatic carbocycles. The molecule has 2 heteroatoms. The number of hydrogen-bond donors (Lipinski definition) is 1. The summed E-state index contributed by atoms with van der Waals surface area (Å²) in [6, 6.07) is 10.9. The number of nitrogens with zero attached hydrogens (tertiary/aromatic N) is 1. The van der Waals surface area contributed by atoms with Gasteiger partial charge in [-0.3, -0.25) is 0 Å². The lowest BCUT2D eigenvalue weighted by Gasteiger charge is -2.21. The van der Waals surface area contributed by atoms with Gasteiger partial charge in [0.25, 0.3) is 0 Å². The summed E-state index contributed by atoms with van der Waals surface area (Å²) in [6.45, 7) is 13.0. The van der Waals surface area contributed by atoms with Crippen molar-refractivity contribution in [2.24, 2.45) is 11.8 Å². The van der Waals surface area contributed by atoms with Gasteiger partial charge in [0, 0.05) is 13.1 Å². The number of hydrogen-bond acceptors (Lipinski definition) is 2. The van der Waals surface area contributed by atoms with Crippen LogP contribution in [0.3, 0.4) is 0 Å². The summed E-state index contributed by atoms with van der Waals surface area (Å²) in [5.74, 6) is 2.24. The van der Waals surface area contributed by atoms with E-state index in [9.17, 15) is 0 Å². The van der Waals surface area contributed by atoms with E-state index in [1.54, 1.807) is 0 Å². The van der Waals surface area contributed by atoms with Gasteiger partial charge in [-0.1, -0.05) is 51.1 Å². The van der Waals surface area contributed by atoms with Crippen molar-refractivity contribution in [1.82, 2.24) is 10.2 Å². The average molecular weight is 274 g/mol. The number of likely N-dealkylation sites (tertiary alicyclic amines) is 1. The molecule has 112 valence electrons. The van der Waals surface area contributed by atoms with Gasteiger partial charge in [0.2, 0.25) is 0 Å². The van der Waals surface area contributed by atoms with Crippen LogP contribution in [-0.4, -0.2) is 37.6 Å². The highest BCUT2D eigenvalue weighted by Gasteiger charge is 2.23. The van der Waals surface area contributed by atoms with Crippen molar-refractivity contribution >= 4 is 0 Å². The molecule has 0 bridgehead atoms. The summed E-state index contributed by atoms with van der Waals surface area (Å²) < 4.78 is 0. The number of benzene rings is 1. The molecule has 1 aromatic rings. The van der Waals surface area contributed by atoms with Crippen molar-refractivity contribution < 1.29 is 0 Å². The molecule has 1 aromatic carbocycles. The Morgan fingerprint density at radius 2 is 1.95 bits per heavy atom. The zero-order valence-electron chi connectivity index (χ0n) is 13.3. The Morgan fingerprint density at radius 3 is 2.65 bits per heavy atom. The first-order valence-electron chi connectivity index (χ1n) is 8.13. The molecule has 0 aromatic heterocycles. The Morgan fingerprint density at radius 1 is 1.20 bits per heavy atom. The predicted octanol–water partition coefficient (Wildman–Crippen LogP) is 3.36. The molecular weight excluding hydrogens is 244 g/mol. The van der Waals surface area contributed by atoms with Crippen LogP contribution < -0.4 is 5.32 Å². The molecule has 0 saturated carbocycles. The zero-order chi connectivity index (χ0) is 14.4. The van der Waals surface area contributed by atoms with Crippen LogP contribution in [0.4, 0.5) is 0 Å². The first-order chi connectivity index (χ1) is 9.65. The van der Waals surface area contributed by atoms with E-state index in [2.05, 4.69) is 61.3 Å². The molecule has 0 spiro atoms. The Labute approximate surface area is 124 Å². The molecule has 0 amide bonds. The number of rotatable bonds is 7. The second-order valence-corrected chi connectivity index (χ2v) is 6.78. The standard InChI is InChI=1S/C18H30N2/c1-15(2)11-19-12-17-9-10-20(14-17)13-16(3)18-7-5-4-6-8-18/h4-8,15-17,19H,9-14H2,1-3H3. The fraction of sp³-hybridized carbons (Fsp3) is 0.667. The summed E-state index contributed by atoms with van der Waals surface area (Å²) in [4.78, 5) is 2.64. The molecule has 2 atom stereocenters. The first-order valence-corrected chi connectivity index (χ1v) is 8.13. The van der Waals surface area contributed by atoms with E-state index in [-0.39, 0.29) is 0 Å². The summed E-state index contributed by atoms with van der Waals surface area (Å²) in [5.41, 5.74) is 1.47. The predicted molar refractivity (Wildman–Crippen MR) is 87.1 cm³/mol. The first kappa shape index (κ1) is 15.5. The highest BCUT2D eigenvalue weighted by Crippen LogP contribution is 2.21. The number of nitrogens with one attached hydrogen (secondary N) is 1. The molecule has 1 saturated heterocycles. The van der Waals surface area contributed by atoms with Gasteiger partial charge in [-0.05, 0) is 49.4 Å². The maximum Gasteiger partial charge on any atom is 0.00477 e. The molecule has 1 N–H and O–H groups in total. The van der Waals surface area contributed by atoms with Crippen LogP contribution in [0.5, 0.6) is 0 Å². The van der Waals surface area contributed by atoms with Crippen molar-refractivity contribution in [1.29, 1.82) is 0 Å².